The Labute approximate surface area is 240 Å². The minimum absolute atomic E-state index is 0.229. The molecule has 0 saturated carbocycles. The first-order valence-corrected chi connectivity index (χ1v) is 13.5. The summed E-state index contributed by atoms with van der Waals surface area (Å²) in [6.45, 7) is 4.37. The standard InChI is InChI=1S/C35H32N2O4/c1-35(2,26-6-14-30(15-7-26)40-32-18-10-28(36)11-19-32)27-8-16-31(17-9-27)41-33-20-12-29(13-21-33)37-34(39)25-5-3-4-24(22-25)23-38/h5-23H,3-4,36H2,1-2H3,(H,37,39). The molecule has 0 atom stereocenters. The summed E-state index contributed by atoms with van der Waals surface area (Å²) < 4.78 is 12.0. The molecule has 1 aliphatic rings. The van der Waals surface area contributed by atoms with Gasteiger partial charge in [0.1, 0.15) is 29.3 Å². The van der Waals surface area contributed by atoms with Crippen molar-refractivity contribution in [2.75, 3.05) is 11.1 Å². The number of nitrogens with one attached hydrogen (secondary N) is 1. The van der Waals surface area contributed by atoms with Gasteiger partial charge in [-0.1, -0.05) is 44.2 Å². The van der Waals surface area contributed by atoms with E-state index in [1.807, 2.05) is 66.7 Å². The van der Waals surface area contributed by atoms with E-state index in [0.717, 1.165) is 28.9 Å². The van der Waals surface area contributed by atoms with Crippen LogP contribution in [0.4, 0.5) is 11.4 Å². The minimum atomic E-state index is -0.236. The maximum atomic E-state index is 12.5. The monoisotopic (exact) mass is 544 g/mol. The first-order chi connectivity index (χ1) is 19.8. The third-order valence-electron chi connectivity index (χ3n) is 7.17. The molecule has 0 bridgehead atoms. The topological polar surface area (TPSA) is 90.7 Å². The van der Waals surface area contributed by atoms with Crippen LogP contribution < -0.4 is 20.5 Å². The number of allylic oxidation sites excluding steroid dienone is 2. The number of nitrogen functional groups attached to an aromatic ring is 1. The fourth-order valence-corrected chi connectivity index (χ4v) is 4.64. The third kappa shape index (κ3) is 6.73. The van der Waals surface area contributed by atoms with E-state index < -0.39 is 0 Å². The maximum absolute atomic E-state index is 12.5. The molecule has 0 saturated heterocycles. The Bertz CT molecular complexity index is 1580. The fraction of sp³-hybridized carbons (Fsp3) is 0.143. The minimum Gasteiger partial charge on any atom is -0.457 e. The second-order valence-electron chi connectivity index (χ2n) is 10.5. The van der Waals surface area contributed by atoms with Gasteiger partial charge in [-0.25, -0.2) is 0 Å². The van der Waals surface area contributed by atoms with E-state index in [-0.39, 0.29) is 11.3 Å². The van der Waals surface area contributed by atoms with Crippen LogP contribution >= 0.6 is 0 Å². The molecule has 1 amide bonds. The number of anilines is 2. The zero-order valence-corrected chi connectivity index (χ0v) is 23.1. The number of benzene rings is 4. The lowest BCUT2D eigenvalue weighted by Gasteiger charge is -2.26. The van der Waals surface area contributed by atoms with Gasteiger partial charge < -0.3 is 20.5 Å². The summed E-state index contributed by atoms with van der Waals surface area (Å²) in [4.78, 5) is 23.6. The van der Waals surface area contributed by atoms with E-state index in [9.17, 15) is 9.59 Å². The first-order valence-electron chi connectivity index (χ1n) is 13.5. The number of hydrogen-bond acceptors (Lipinski definition) is 5. The van der Waals surface area contributed by atoms with Crippen LogP contribution in [0.2, 0.25) is 0 Å². The van der Waals surface area contributed by atoms with Gasteiger partial charge >= 0.3 is 0 Å². The maximum Gasteiger partial charge on any atom is 0.255 e. The number of carbonyl (C=O) groups excluding carboxylic acids is 2. The number of aldehydes is 1. The Morgan fingerprint density at radius 3 is 1.71 bits per heavy atom. The zero-order chi connectivity index (χ0) is 28.8. The number of amides is 1. The predicted octanol–water partition coefficient (Wildman–Crippen LogP) is 7.96. The van der Waals surface area contributed by atoms with Gasteiger partial charge in [-0.3, -0.25) is 9.59 Å². The second kappa shape index (κ2) is 12.0. The van der Waals surface area contributed by atoms with Crippen LogP contribution in [0.15, 0.2) is 120 Å². The molecular formula is C35H32N2O4. The van der Waals surface area contributed by atoms with Gasteiger partial charge in [0.15, 0.2) is 0 Å². The van der Waals surface area contributed by atoms with Crippen molar-refractivity contribution in [3.63, 3.8) is 0 Å². The molecule has 6 nitrogen and oxygen atoms in total. The number of nitrogens with two attached hydrogens (primary N) is 1. The van der Waals surface area contributed by atoms with Crippen LogP contribution in [-0.2, 0) is 15.0 Å². The SMILES string of the molecule is CC(C)(c1ccc(Oc2ccc(N)cc2)cc1)c1ccc(Oc2ccc(NC(=O)C3=CCCC(C=O)=C3)cc2)cc1. The second-order valence-corrected chi connectivity index (χ2v) is 10.5. The Hall–Kier alpha value is -5.10. The summed E-state index contributed by atoms with van der Waals surface area (Å²) >= 11 is 0. The molecule has 41 heavy (non-hydrogen) atoms. The molecule has 0 unspecified atom stereocenters. The molecule has 0 heterocycles. The van der Waals surface area contributed by atoms with Crippen molar-refractivity contribution in [3.05, 3.63) is 131 Å². The largest absolute Gasteiger partial charge is 0.457 e. The Balaban J connectivity index is 1.19. The molecule has 6 heteroatoms. The highest BCUT2D eigenvalue weighted by atomic mass is 16.5. The van der Waals surface area contributed by atoms with E-state index in [0.29, 0.717) is 46.9 Å². The molecule has 0 aliphatic heterocycles. The molecule has 5 rings (SSSR count). The van der Waals surface area contributed by atoms with Crippen molar-refractivity contribution in [2.45, 2.75) is 32.1 Å². The van der Waals surface area contributed by atoms with Crippen LogP contribution in [0.5, 0.6) is 23.0 Å². The smallest absolute Gasteiger partial charge is 0.255 e. The van der Waals surface area contributed by atoms with E-state index >= 15 is 0 Å². The zero-order valence-electron chi connectivity index (χ0n) is 23.1. The lowest BCUT2D eigenvalue weighted by molar-refractivity contribution is -0.112. The highest BCUT2D eigenvalue weighted by Crippen LogP contribution is 2.35. The number of hydrogen-bond donors (Lipinski definition) is 2. The third-order valence-corrected chi connectivity index (χ3v) is 7.17. The Kier molecular flexibility index (Phi) is 8.01. The van der Waals surface area contributed by atoms with Crippen molar-refractivity contribution in [2.24, 2.45) is 0 Å². The summed E-state index contributed by atoms with van der Waals surface area (Å²) in [5.74, 6) is 2.64. The summed E-state index contributed by atoms with van der Waals surface area (Å²) in [5.41, 5.74) is 10.3. The number of rotatable bonds is 9. The lowest BCUT2D eigenvalue weighted by Crippen LogP contribution is -2.18. The normalized spacial score (nSPS) is 13.0. The molecule has 3 N–H and O–H groups in total. The van der Waals surface area contributed by atoms with E-state index in [1.54, 1.807) is 18.2 Å². The Morgan fingerprint density at radius 2 is 1.22 bits per heavy atom. The van der Waals surface area contributed by atoms with Gasteiger partial charge in [0.25, 0.3) is 5.91 Å². The van der Waals surface area contributed by atoms with Crippen LogP contribution in [0, 0.1) is 0 Å². The average molecular weight is 545 g/mol. The van der Waals surface area contributed by atoms with Gasteiger partial charge in [0, 0.05) is 22.4 Å². The predicted molar refractivity (Wildman–Crippen MR) is 163 cm³/mol. The van der Waals surface area contributed by atoms with Crippen LogP contribution in [0.1, 0.15) is 37.8 Å². The highest BCUT2D eigenvalue weighted by Gasteiger charge is 2.23. The molecule has 4 aromatic carbocycles. The van der Waals surface area contributed by atoms with Crippen molar-refractivity contribution < 1.29 is 19.1 Å². The van der Waals surface area contributed by atoms with E-state index in [1.165, 1.54) is 0 Å². The average Bonchev–Trinajstić information content (AvgIpc) is 3.00. The van der Waals surface area contributed by atoms with Gasteiger partial charge in [-0.2, -0.15) is 0 Å². The lowest BCUT2D eigenvalue weighted by atomic mass is 9.78. The van der Waals surface area contributed by atoms with Crippen LogP contribution in [0.25, 0.3) is 0 Å². The van der Waals surface area contributed by atoms with Crippen molar-refractivity contribution in [1.29, 1.82) is 0 Å². The first kappa shape index (κ1) is 27.5. The van der Waals surface area contributed by atoms with Gasteiger partial charge in [0.05, 0.1) is 0 Å². The van der Waals surface area contributed by atoms with Crippen molar-refractivity contribution in [1.82, 2.24) is 0 Å². The molecule has 0 aromatic heterocycles. The summed E-state index contributed by atoms with van der Waals surface area (Å²) in [6.07, 6.45) is 5.64. The van der Waals surface area contributed by atoms with Gasteiger partial charge in [-0.05, 0) is 108 Å². The number of carbonyl (C=O) groups is 2. The quantitative estimate of drug-likeness (QED) is 0.165. The molecule has 206 valence electrons. The van der Waals surface area contributed by atoms with Crippen LogP contribution in [0.3, 0.4) is 0 Å². The summed E-state index contributed by atoms with van der Waals surface area (Å²) in [6, 6.07) is 30.7. The van der Waals surface area contributed by atoms with Gasteiger partial charge in [0.2, 0.25) is 0 Å². The molecule has 0 spiro atoms. The molecule has 1 aliphatic carbocycles. The van der Waals surface area contributed by atoms with E-state index in [4.69, 9.17) is 15.2 Å². The van der Waals surface area contributed by atoms with Crippen molar-refractivity contribution in [3.8, 4) is 23.0 Å². The van der Waals surface area contributed by atoms with Crippen molar-refractivity contribution >= 4 is 23.6 Å². The highest BCUT2D eigenvalue weighted by molar-refractivity contribution is 6.06. The molecule has 0 fully saturated rings. The summed E-state index contributed by atoms with van der Waals surface area (Å²) in [5, 5.41) is 2.87. The van der Waals surface area contributed by atoms with Crippen LogP contribution in [-0.4, -0.2) is 12.2 Å². The molecular weight excluding hydrogens is 512 g/mol. The fourth-order valence-electron chi connectivity index (χ4n) is 4.64. The van der Waals surface area contributed by atoms with Gasteiger partial charge in [-0.15, -0.1) is 0 Å². The summed E-state index contributed by atoms with van der Waals surface area (Å²) in [7, 11) is 0. The molecule has 4 aromatic rings. The number of ether oxygens (including phenoxy) is 2. The Morgan fingerprint density at radius 1 is 0.756 bits per heavy atom. The van der Waals surface area contributed by atoms with E-state index in [2.05, 4.69) is 43.4 Å². The molecule has 0 radical (unpaired) electrons.